The second-order valence-electron chi connectivity index (χ2n) is 9.84. The van der Waals surface area contributed by atoms with Crippen molar-refractivity contribution in [1.82, 2.24) is 19.8 Å². The van der Waals surface area contributed by atoms with E-state index in [-0.39, 0.29) is 22.0 Å². The van der Waals surface area contributed by atoms with E-state index >= 15 is 0 Å². The minimum Gasteiger partial charge on any atom is -0.461 e. The monoisotopic (exact) mass is 596 g/mol. The van der Waals surface area contributed by atoms with Crippen molar-refractivity contribution in [3.63, 3.8) is 0 Å². The number of aromatic nitrogens is 2. The summed E-state index contributed by atoms with van der Waals surface area (Å²) in [5, 5.41) is 6.45. The molecule has 4 rings (SSSR count). The van der Waals surface area contributed by atoms with Crippen LogP contribution in [0.4, 0.5) is 0 Å². The first kappa shape index (κ1) is 30.0. The lowest BCUT2D eigenvalue weighted by atomic mass is 10.0. The van der Waals surface area contributed by atoms with Crippen LogP contribution in [0, 0.1) is 0 Å². The van der Waals surface area contributed by atoms with E-state index in [9.17, 15) is 19.2 Å². The van der Waals surface area contributed by atoms with Gasteiger partial charge in [0.25, 0.3) is 11.5 Å². The molecule has 0 saturated heterocycles. The molecule has 214 valence electrons. The molecule has 3 aromatic carbocycles. The number of hydrogen-bond donors (Lipinski definition) is 2. The molecule has 0 radical (unpaired) electrons. The van der Waals surface area contributed by atoms with Crippen LogP contribution in [0.15, 0.2) is 70.3 Å². The molecular formula is C30H30Cl2N4O5. The lowest BCUT2D eigenvalue weighted by molar-refractivity contribution is -0.149. The summed E-state index contributed by atoms with van der Waals surface area (Å²) >= 11 is 12.4. The van der Waals surface area contributed by atoms with Gasteiger partial charge in [-0.3, -0.25) is 14.2 Å². The average Bonchev–Trinajstić information content (AvgIpc) is 2.92. The number of esters is 1. The van der Waals surface area contributed by atoms with Crippen LogP contribution in [-0.4, -0.2) is 40.2 Å². The first-order chi connectivity index (χ1) is 19.5. The maximum absolute atomic E-state index is 13.4. The number of ether oxygens (including phenoxy) is 1. The summed E-state index contributed by atoms with van der Waals surface area (Å²) in [7, 11) is 3.43. The van der Waals surface area contributed by atoms with E-state index in [4.69, 9.17) is 27.9 Å². The van der Waals surface area contributed by atoms with Gasteiger partial charge in [0.1, 0.15) is 6.04 Å². The molecule has 9 nitrogen and oxygen atoms in total. The topological polar surface area (TPSA) is 111 Å². The van der Waals surface area contributed by atoms with E-state index in [2.05, 4.69) is 10.6 Å². The summed E-state index contributed by atoms with van der Waals surface area (Å²) in [6.45, 7) is 3.99. The predicted octanol–water partition coefficient (Wildman–Crippen LogP) is 4.01. The second-order valence-corrected chi connectivity index (χ2v) is 10.7. The van der Waals surface area contributed by atoms with E-state index in [0.29, 0.717) is 28.7 Å². The fourth-order valence-corrected chi connectivity index (χ4v) is 5.09. The number of amides is 1. The third-order valence-corrected chi connectivity index (χ3v) is 7.11. The zero-order valence-electron chi connectivity index (χ0n) is 23.0. The third kappa shape index (κ3) is 6.53. The molecule has 0 spiro atoms. The van der Waals surface area contributed by atoms with Gasteiger partial charge in [-0.1, -0.05) is 47.5 Å². The highest BCUT2D eigenvalue weighted by atomic mass is 35.5. The zero-order chi connectivity index (χ0) is 29.8. The fraction of sp³-hybridized carbons (Fsp3) is 0.267. The number of aryl methyl sites for hydroxylation is 1. The highest BCUT2D eigenvalue weighted by Gasteiger charge is 2.26. The Kier molecular flexibility index (Phi) is 9.32. The summed E-state index contributed by atoms with van der Waals surface area (Å²) in [5.41, 5.74) is 1.61. The van der Waals surface area contributed by atoms with Gasteiger partial charge < -0.3 is 15.4 Å². The van der Waals surface area contributed by atoms with E-state index < -0.39 is 35.3 Å². The number of carbonyl (C=O) groups is 2. The number of rotatable bonds is 9. The normalized spacial score (nSPS) is 12.0. The molecule has 0 fully saturated rings. The lowest BCUT2D eigenvalue weighted by Crippen LogP contribution is -2.44. The van der Waals surface area contributed by atoms with Crippen LogP contribution in [0.25, 0.3) is 16.6 Å². The van der Waals surface area contributed by atoms with Gasteiger partial charge in [0.15, 0.2) is 0 Å². The molecule has 0 saturated carbocycles. The summed E-state index contributed by atoms with van der Waals surface area (Å²) < 4.78 is 7.92. The Morgan fingerprint density at radius 3 is 2.20 bits per heavy atom. The van der Waals surface area contributed by atoms with E-state index in [1.165, 1.54) is 16.7 Å². The molecule has 2 N–H and O–H groups in total. The molecule has 1 amide bonds. The summed E-state index contributed by atoms with van der Waals surface area (Å²) in [6.07, 6.45) is -0.324. The van der Waals surface area contributed by atoms with Crippen LogP contribution in [0.3, 0.4) is 0 Å². The van der Waals surface area contributed by atoms with E-state index in [1.807, 2.05) is 13.1 Å². The van der Waals surface area contributed by atoms with Crippen LogP contribution >= 0.6 is 23.2 Å². The van der Waals surface area contributed by atoms with E-state index in [0.717, 1.165) is 10.1 Å². The maximum atomic E-state index is 13.4. The van der Waals surface area contributed by atoms with Gasteiger partial charge in [0.05, 0.1) is 38.3 Å². The highest BCUT2D eigenvalue weighted by molar-refractivity contribution is 6.39. The Morgan fingerprint density at radius 2 is 1.59 bits per heavy atom. The minimum atomic E-state index is -1.05. The molecule has 1 heterocycles. The van der Waals surface area contributed by atoms with Crippen molar-refractivity contribution >= 4 is 46.0 Å². The van der Waals surface area contributed by atoms with E-state index in [1.54, 1.807) is 63.4 Å². The van der Waals surface area contributed by atoms with Crippen molar-refractivity contribution in [3.8, 4) is 5.69 Å². The first-order valence-corrected chi connectivity index (χ1v) is 13.7. The number of hydrogen-bond acceptors (Lipinski definition) is 6. The SMILES string of the molecule is CNCc1ccc2c(c1)c(=O)n(-c1ccc(C[C@H](NC(=O)c3c(Cl)cccc3Cl)C(=O)OC(C)C)cc1)c(=O)n2C. The predicted molar refractivity (Wildman–Crippen MR) is 160 cm³/mol. The number of benzene rings is 3. The number of halogens is 2. The quantitative estimate of drug-likeness (QED) is 0.282. The smallest absolute Gasteiger partial charge is 0.335 e. The zero-order valence-corrected chi connectivity index (χ0v) is 24.5. The molecule has 0 aliphatic carbocycles. The highest BCUT2D eigenvalue weighted by Crippen LogP contribution is 2.24. The number of fused-ring (bicyclic) bond motifs is 1. The fourth-order valence-electron chi connectivity index (χ4n) is 4.52. The summed E-state index contributed by atoms with van der Waals surface area (Å²) in [5.74, 6) is -1.25. The van der Waals surface area contributed by atoms with Crippen molar-refractivity contribution in [2.75, 3.05) is 7.05 Å². The van der Waals surface area contributed by atoms with Gasteiger partial charge in [-0.25, -0.2) is 14.2 Å². The van der Waals surface area contributed by atoms with Crippen molar-refractivity contribution in [3.05, 3.63) is 108 Å². The van der Waals surface area contributed by atoms with Gasteiger partial charge >= 0.3 is 11.7 Å². The molecule has 0 aliphatic heterocycles. The van der Waals surface area contributed by atoms with Gasteiger partial charge in [-0.2, -0.15) is 0 Å². The molecule has 0 aliphatic rings. The number of nitrogens with one attached hydrogen (secondary N) is 2. The first-order valence-electron chi connectivity index (χ1n) is 13.0. The molecular weight excluding hydrogens is 567 g/mol. The van der Waals surface area contributed by atoms with Crippen molar-refractivity contribution in [2.24, 2.45) is 7.05 Å². The van der Waals surface area contributed by atoms with Crippen LogP contribution in [0.1, 0.15) is 35.3 Å². The summed E-state index contributed by atoms with van der Waals surface area (Å²) in [4.78, 5) is 52.5. The standard InChI is InChI=1S/C30H30Cl2N4O5/c1-17(2)41-29(39)24(34-27(37)26-22(31)6-5-7-23(26)32)15-18-8-11-20(12-9-18)36-28(38)21-14-19(16-33-3)10-13-25(21)35(4)30(36)40/h5-14,17,24,33H,15-16H2,1-4H3,(H,34,37)/t24-/m0/s1. The Labute approximate surface area is 246 Å². The van der Waals surface area contributed by atoms with Gasteiger partial charge in [-0.05, 0) is 68.4 Å². The second kappa shape index (κ2) is 12.7. The Morgan fingerprint density at radius 1 is 0.951 bits per heavy atom. The van der Waals surface area contributed by atoms with Crippen LogP contribution in [0.2, 0.25) is 10.0 Å². The molecule has 1 atom stereocenters. The average molecular weight is 597 g/mol. The number of nitrogens with zero attached hydrogens (tertiary/aromatic N) is 2. The molecule has 0 unspecified atom stereocenters. The lowest BCUT2D eigenvalue weighted by Gasteiger charge is -2.20. The molecule has 11 heteroatoms. The molecule has 4 aromatic rings. The molecule has 1 aromatic heterocycles. The minimum absolute atomic E-state index is 0.0536. The Hall–Kier alpha value is -3.92. The van der Waals surface area contributed by atoms with Crippen LogP contribution in [0.5, 0.6) is 0 Å². The molecule has 0 bridgehead atoms. The maximum Gasteiger partial charge on any atom is 0.335 e. The number of carbonyl (C=O) groups excluding carboxylic acids is 2. The van der Waals surface area contributed by atoms with Crippen molar-refractivity contribution in [1.29, 1.82) is 0 Å². The van der Waals surface area contributed by atoms with Crippen LogP contribution in [-0.2, 0) is 29.5 Å². The molecule has 41 heavy (non-hydrogen) atoms. The third-order valence-electron chi connectivity index (χ3n) is 6.48. The Bertz CT molecular complexity index is 1710. The largest absolute Gasteiger partial charge is 0.461 e. The Balaban J connectivity index is 1.66. The van der Waals surface area contributed by atoms with Gasteiger partial charge in [-0.15, -0.1) is 0 Å². The van der Waals surface area contributed by atoms with Crippen molar-refractivity contribution in [2.45, 2.75) is 39.0 Å². The van der Waals surface area contributed by atoms with Crippen molar-refractivity contribution < 1.29 is 14.3 Å². The summed E-state index contributed by atoms with van der Waals surface area (Å²) in [6, 6.07) is 15.7. The van der Waals surface area contributed by atoms with Gasteiger partial charge in [0.2, 0.25) is 0 Å². The van der Waals surface area contributed by atoms with Crippen LogP contribution < -0.4 is 21.9 Å². The van der Waals surface area contributed by atoms with Gasteiger partial charge in [0, 0.05) is 20.0 Å².